The summed E-state index contributed by atoms with van der Waals surface area (Å²) in [6.07, 6.45) is 0.942. The van der Waals surface area contributed by atoms with Crippen molar-refractivity contribution in [2.75, 3.05) is 6.61 Å². The van der Waals surface area contributed by atoms with Crippen molar-refractivity contribution in [1.29, 1.82) is 0 Å². The van der Waals surface area contributed by atoms with Gasteiger partial charge in [-0.25, -0.2) is 4.79 Å². The Labute approximate surface area is 126 Å². The zero-order valence-electron chi connectivity index (χ0n) is 11.2. The second-order valence-corrected chi connectivity index (χ2v) is 6.25. The van der Waals surface area contributed by atoms with Crippen LogP contribution in [0.5, 0.6) is 5.75 Å². The maximum Gasteiger partial charge on any atom is 0.405 e. The Kier molecular flexibility index (Phi) is 3.20. The van der Waals surface area contributed by atoms with Gasteiger partial charge < -0.3 is 20.5 Å². The number of halogens is 1. The number of carbonyl (C=O) groups is 2. The molecule has 2 bridgehead atoms. The van der Waals surface area contributed by atoms with Gasteiger partial charge >= 0.3 is 6.09 Å². The molecule has 3 saturated carbocycles. The van der Waals surface area contributed by atoms with E-state index in [1.54, 1.807) is 24.3 Å². The first-order valence-electron chi connectivity index (χ1n) is 6.61. The fraction of sp³-hybridized carbons (Fsp3) is 0.429. The molecule has 0 saturated heterocycles. The van der Waals surface area contributed by atoms with Crippen LogP contribution in [0.25, 0.3) is 0 Å². The van der Waals surface area contributed by atoms with E-state index in [1.807, 2.05) is 0 Å². The topological polar surface area (TPSA) is 87.7 Å². The van der Waals surface area contributed by atoms with Gasteiger partial charge in [0.05, 0.1) is 5.54 Å². The van der Waals surface area contributed by atoms with Crippen LogP contribution < -0.4 is 15.4 Å². The van der Waals surface area contributed by atoms with Crippen molar-refractivity contribution in [3.63, 3.8) is 0 Å². The van der Waals surface area contributed by atoms with Gasteiger partial charge in [0.2, 0.25) is 0 Å². The molecule has 0 spiro atoms. The van der Waals surface area contributed by atoms with E-state index in [0.717, 1.165) is 0 Å². The Morgan fingerprint density at radius 1 is 1.14 bits per heavy atom. The maximum atomic E-state index is 11.8. The zero-order chi connectivity index (χ0) is 15.1. The molecule has 0 unspecified atom stereocenters. The highest BCUT2D eigenvalue weighted by Gasteiger charge is 2.69. The Balaban J connectivity index is 1.42. The second kappa shape index (κ2) is 4.80. The molecule has 1 aromatic carbocycles. The first-order chi connectivity index (χ1) is 9.90. The molecule has 6 nitrogen and oxygen atoms in total. The van der Waals surface area contributed by atoms with Crippen molar-refractivity contribution in [2.45, 2.75) is 30.3 Å². The van der Waals surface area contributed by atoms with E-state index in [1.165, 1.54) is 0 Å². The smallest absolute Gasteiger partial charge is 0.405 e. The van der Waals surface area contributed by atoms with Gasteiger partial charge in [-0.15, -0.1) is 0 Å². The lowest BCUT2D eigenvalue weighted by Crippen LogP contribution is -2.83. The second-order valence-electron chi connectivity index (χ2n) is 5.81. The Morgan fingerprint density at radius 3 is 2.29 bits per heavy atom. The standard InChI is InChI=1S/C14H15ClN2O4/c15-9-1-3-10(4-2-9)21-5-11(18)16-13-6-14(7-13,8-13)17-12(19)20/h1-4,17H,5-8H2,(H,16,18)(H,19,20). The normalized spacial score (nSPS) is 28.8. The summed E-state index contributed by atoms with van der Waals surface area (Å²) in [6, 6.07) is 6.78. The molecule has 7 heteroatoms. The largest absolute Gasteiger partial charge is 0.484 e. The molecular weight excluding hydrogens is 296 g/mol. The SMILES string of the molecule is O=C(O)NC12CC(NC(=O)COc3ccc(Cl)cc3)(C1)C2. The van der Waals surface area contributed by atoms with Crippen molar-refractivity contribution in [2.24, 2.45) is 0 Å². The summed E-state index contributed by atoms with van der Waals surface area (Å²) in [6.45, 7) is -0.0667. The third-order valence-electron chi connectivity index (χ3n) is 3.99. The Morgan fingerprint density at radius 2 is 1.71 bits per heavy atom. The molecule has 0 aromatic heterocycles. The summed E-state index contributed by atoms with van der Waals surface area (Å²) in [7, 11) is 0. The molecule has 2 amide bonds. The minimum atomic E-state index is -1.01. The lowest BCUT2D eigenvalue weighted by Gasteiger charge is -2.69. The molecular formula is C14H15ClN2O4. The van der Waals surface area contributed by atoms with Crippen molar-refractivity contribution >= 4 is 23.6 Å². The first-order valence-corrected chi connectivity index (χ1v) is 6.99. The van der Waals surface area contributed by atoms with E-state index in [-0.39, 0.29) is 23.6 Å². The molecule has 0 radical (unpaired) electrons. The van der Waals surface area contributed by atoms with Crippen LogP contribution in [-0.4, -0.2) is 34.8 Å². The highest BCUT2D eigenvalue weighted by Crippen LogP contribution is 2.60. The quantitative estimate of drug-likeness (QED) is 0.773. The molecule has 3 N–H and O–H groups in total. The molecule has 3 fully saturated rings. The van der Waals surface area contributed by atoms with Crippen molar-refractivity contribution in [3.05, 3.63) is 29.3 Å². The molecule has 0 aliphatic heterocycles. The maximum absolute atomic E-state index is 11.8. The minimum Gasteiger partial charge on any atom is -0.484 e. The van der Waals surface area contributed by atoms with Gasteiger partial charge in [-0.1, -0.05) is 11.6 Å². The Bertz CT molecular complexity index is 567. The average Bonchev–Trinajstić information content (AvgIpc) is 2.33. The van der Waals surface area contributed by atoms with E-state index < -0.39 is 6.09 Å². The summed E-state index contributed by atoms with van der Waals surface area (Å²) in [5.74, 6) is 0.379. The lowest BCUT2D eigenvalue weighted by atomic mass is 9.44. The van der Waals surface area contributed by atoms with Gasteiger partial charge in [0.15, 0.2) is 6.61 Å². The van der Waals surface area contributed by atoms with E-state index in [9.17, 15) is 9.59 Å². The van der Waals surface area contributed by atoms with Crippen molar-refractivity contribution < 1.29 is 19.4 Å². The number of nitrogens with one attached hydrogen (secondary N) is 2. The van der Waals surface area contributed by atoms with Crippen LogP contribution in [0.4, 0.5) is 4.79 Å². The van der Waals surface area contributed by atoms with Crippen LogP contribution in [-0.2, 0) is 4.79 Å². The van der Waals surface area contributed by atoms with E-state index in [2.05, 4.69) is 10.6 Å². The van der Waals surface area contributed by atoms with Gasteiger partial charge in [-0.05, 0) is 43.5 Å². The summed E-state index contributed by atoms with van der Waals surface area (Å²) in [5.41, 5.74) is -0.570. The third-order valence-corrected chi connectivity index (χ3v) is 4.24. The number of carboxylic acid groups (broad SMARTS) is 1. The molecule has 1 aromatic rings. The predicted molar refractivity (Wildman–Crippen MR) is 75.6 cm³/mol. The highest BCUT2D eigenvalue weighted by molar-refractivity contribution is 6.30. The Hall–Kier alpha value is -1.95. The molecule has 0 atom stereocenters. The van der Waals surface area contributed by atoms with Crippen LogP contribution in [0, 0.1) is 0 Å². The zero-order valence-corrected chi connectivity index (χ0v) is 11.9. The van der Waals surface area contributed by atoms with Crippen LogP contribution in [0.3, 0.4) is 0 Å². The number of benzene rings is 1. The van der Waals surface area contributed by atoms with Gasteiger partial charge in [0.1, 0.15) is 5.75 Å². The van der Waals surface area contributed by atoms with Crippen LogP contribution in [0.1, 0.15) is 19.3 Å². The molecule has 112 valence electrons. The summed E-state index contributed by atoms with van der Waals surface area (Å²) < 4.78 is 5.36. The number of hydrogen-bond acceptors (Lipinski definition) is 3. The molecule has 3 aliphatic rings. The average molecular weight is 311 g/mol. The third kappa shape index (κ3) is 2.76. The van der Waals surface area contributed by atoms with Gasteiger partial charge in [-0.2, -0.15) is 0 Å². The fourth-order valence-electron chi connectivity index (χ4n) is 3.29. The monoisotopic (exact) mass is 310 g/mol. The number of ether oxygens (including phenoxy) is 1. The first kappa shape index (κ1) is 14.0. The summed E-state index contributed by atoms with van der Waals surface area (Å²) in [5, 5.41) is 14.7. The van der Waals surface area contributed by atoms with Gasteiger partial charge in [-0.3, -0.25) is 4.79 Å². The van der Waals surface area contributed by atoms with Crippen LogP contribution >= 0.6 is 11.6 Å². The molecule has 0 heterocycles. The summed E-state index contributed by atoms with van der Waals surface area (Å²) >= 11 is 5.76. The molecule has 21 heavy (non-hydrogen) atoms. The summed E-state index contributed by atoms with van der Waals surface area (Å²) in [4.78, 5) is 22.5. The van der Waals surface area contributed by atoms with Crippen LogP contribution in [0.2, 0.25) is 5.02 Å². The predicted octanol–water partition coefficient (Wildman–Crippen LogP) is 1.78. The minimum absolute atomic E-state index is 0.0667. The fourth-order valence-corrected chi connectivity index (χ4v) is 3.42. The highest BCUT2D eigenvalue weighted by atomic mass is 35.5. The molecule has 4 rings (SSSR count). The molecule has 3 aliphatic carbocycles. The van der Waals surface area contributed by atoms with E-state index in [4.69, 9.17) is 21.4 Å². The number of rotatable bonds is 5. The van der Waals surface area contributed by atoms with Crippen molar-refractivity contribution in [1.82, 2.24) is 10.6 Å². The van der Waals surface area contributed by atoms with Crippen molar-refractivity contribution in [3.8, 4) is 5.75 Å². The number of amides is 2. The van der Waals surface area contributed by atoms with Gasteiger partial charge in [0.25, 0.3) is 5.91 Å². The lowest BCUT2D eigenvalue weighted by molar-refractivity contribution is -0.141. The van der Waals surface area contributed by atoms with E-state index in [0.29, 0.717) is 30.0 Å². The number of carbonyl (C=O) groups excluding carboxylic acids is 1. The number of hydrogen-bond donors (Lipinski definition) is 3. The van der Waals surface area contributed by atoms with Crippen LogP contribution in [0.15, 0.2) is 24.3 Å². The van der Waals surface area contributed by atoms with Gasteiger partial charge in [0, 0.05) is 10.6 Å². The van der Waals surface area contributed by atoms with E-state index >= 15 is 0 Å².